The van der Waals surface area contributed by atoms with Crippen LogP contribution in [0.2, 0.25) is 0 Å². The summed E-state index contributed by atoms with van der Waals surface area (Å²) in [5, 5.41) is 7.90. The van der Waals surface area contributed by atoms with Crippen LogP contribution in [0.25, 0.3) is 0 Å². The maximum atomic E-state index is 5.04. The first-order valence-corrected chi connectivity index (χ1v) is 6.55. The molecule has 0 aliphatic carbocycles. The minimum absolute atomic E-state index is 0.430. The van der Waals surface area contributed by atoms with E-state index >= 15 is 0 Å². The molecule has 104 valence electrons. The van der Waals surface area contributed by atoms with Gasteiger partial charge < -0.3 is 15.0 Å². The van der Waals surface area contributed by atoms with Gasteiger partial charge in [-0.25, -0.2) is 0 Å². The van der Waals surface area contributed by atoms with Crippen molar-refractivity contribution in [3.63, 3.8) is 0 Å². The summed E-state index contributed by atoms with van der Waals surface area (Å²) < 4.78 is 7.03. The highest BCUT2D eigenvalue weighted by Crippen LogP contribution is 2.03. The Hall–Kier alpha value is -0.910. The third-order valence-electron chi connectivity index (χ3n) is 2.85. The van der Waals surface area contributed by atoms with Crippen LogP contribution in [-0.4, -0.2) is 55.1 Å². The number of nitrogens with one attached hydrogen (secondary N) is 1. The predicted molar refractivity (Wildman–Crippen MR) is 73.7 cm³/mol. The number of hydrogen-bond acceptors (Lipinski definition) is 4. The van der Waals surface area contributed by atoms with Gasteiger partial charge in [0.15, 0.2) is 0 Å². The van der Waals surface area contributed by atoms with E-state index in [0.29, 0.717) is 6.04 Å². The standard InChI is InChI=1S/C13H26N4O/c1-12(2)17-7-5-13(15-17)11-14-6-8-16(3)9-10-18-4/h5,7,12,14H,6,8-11H2,1-4H3. The Morgan fingerprint density at radius 3 is 2.83 bits per heavy atom. The Morgan fingerprint density at radius 1 is 1.44 bits per heavy atom. The quantitative estimate of drug-likeness (QED) is 0.671. The first-order chi connectivity index (χ1) is 8.63. The summed E-state index contributed by atoms with van der Waals surface area (Å²) in [4.78, 5) is 2.25. The fourth-order valence-corrected chi connectivity index (χ4v) is 1.60. The van der Waals surface area contributed by atoms with Crippen LogP contribution in [0.15, 0.2) is 12.3 Å². The Morgan fingerprint density at radius 2 is 2.22 bits per heavy atom. The summed E-state index contributed by atoms with van der Waals surface area (Å²) in [6, 6.07) is 2.50. The van der Waals surface area contributed by atoms with E-state index in [0.717, 1.165) is 38.5 Å². The Labute approximate surface area is 110 Å². The highest BCUT2D eigenvalue weighted by atomic mass is 16.5. The smallest absolute Gasteiger partial charge is 0.0762 e. The van der Waals surface area contributed by atoms with E-state index in [2.05, 4.69) is 42.3 Å². The van der Waals surface area contributed by atoms with Crippen LogP contribution in [0, 0.1) is 0 Å². The highest BCUT2D eigenvalue weighted by Gasteiger charge is 2.02. The van der Waals surface area contributed by atoms with Gasteiger partial charge in [-0.05, 0) is 27.0 Å². The molecule has 0 radical (unpaired) electrons. The summed E-state index contributed by atoms with van der Waals surface area (Å²) >= 11 is 0. The lowest BCUT2D eigenvalue weighted by molar-refractivity contribution is 0.161. The van der Waals surface area contributed by atoms with E-state index < -0.39 is 0 Å². The number of aromatic nitrogens is 2. The maximum absolute atomic E-state index is 5.04. The lowest BCUT2D eigenvalue weighted by atomic mass is 10.4. The number of hydrogen-bond donors (Lipinski definition) is 1. The van der Waals surface area contributed by atoms with Gasteiger partial charge in [-0.2, -0.15) is 5.10 Å². The zero-order chi connectivity index (χ0) is 13.4. The van der Waals surface area contributed by atoms with Gasteiger partial charge in [0.2, 0.25) is 0 Å². The van der Waals surface area contributed by atoms with Crippen molar-refractivity contribution in [1.82, 2.24) is 20.0 Å². The monoisotopic (exact) mass is 254 g/mol. The van der Waals surface area contributed by atoms with Crippen molar-refractivity contribution in [3.05, 3.63) is 18.0 Å². The van der Waals surface area contributed by atoms with Gasteiger partial charge in [-0.1, -0.05) is 0 Å². The molecular formula is C13H26N4O. The molecule has 0 aliphatic rings. The number of ether oxygens (including phenoxy) is 1. The van der Waals surface area contributed by atoms with E-state index in [-0.39, 0.29) is 0 Å². The molecule has 5 heteroatoms. The lowest BCUT2D eigenvalue weighted by Crippen LogP contribution is -2.31. The maximum Gasteiger partial charge on any atom is 0.0762 e. The second-order valence-electron chi connectivity index (χ2n) is 4.85. The summed E-state index contributed by atoms with van der Waals surface area (Å²) in [7, 11) is 3.84. The summed E-state index contributed by atoms with van der Waals surface area (Å²) in [6.45, 7) is 8.85. The van der Waals surface area contributed by atoms with Gasteiger partial charge in [-0.3, -0.25) is 4.68 Å². The molecular weight excluding hydrogens is 228 g/mol. The van der Waals surface area contributed by atoms with Crippen molar-refractivity contribution in [1.29, 1.82) is 0 Å². The first-order valence-electron chi connectivity index (χ1n) is 6.55. The Balaban J connectivity index is 2.13. The molecule has 1 aromatic rings. The topological polar surface area (TPSA) is 42.3 Å². The second-order valence-corrected chi connectivity index (χ2v) is 4.85. The van der Waals surface area contributed by atoms with Crippen LogP contribution in [0.3, 0.4) is 0 Å². The minimum atomic E-state index is 0.430. The Bertz CT molecular complexity index is 325. The summed E-state index contributed by atoms with van der Waals surface area (Å²) in [5.41, 5.74) is 1.10. The van der Waals surface area contributed by atoms with Crippen molar-refractivity contribution >= 4 is 0 Å². The number of likely N-dealkylation sites (N-methyl/N-ethyl adjacent to an activating group) is 1. The van der Waals surface area contributed by atoms with E-state index in [1.807, 2.05) is 10.9 Å². The van der Waals surface area contributed by atoms with Crippen LogP contribution in [0.4, 0.5) is 0 Å². The van der Waals surface area contributed by atoms with Crippen LogP contribution in [0.5, 0.6) is 0 Å². The first kappa shape index (κ1) is 15.1. The van der Waals surface area contributed by atoms with Gasteiger partial charge >= 0.3 is 0 Å². The van der Waals surface area contributed by atoms with Crippen molar-refractivity contribution in [2.24, 2.45) is 0 Å². The third-order valence-corrected chi connectivity index (χ3v) is 2.85. The largest absolute Gasteiger partial charge is 0.383 e. The number of methoxy groups -OCH3 is 1. The molecule has 0 spiro atoms. The molecule has 18 heavy (non-hydrogen) atoms. The van der Waals surface area contributed by atoms with E-state index in [4.69, 9.17) is 4.74 Å². The summed E-state index contributed by atoms with van der Waals surface area (Å²) in [6.07, 6.45) is 2.03. The fourth-order valence-electron chi connectivity index (χ4n) is 1.60. The van der Waals surface area contributed by atoms with Crippen molar-refractivity contribution in [2.45, 2.75) is 26.4 Å². The molecule has 1 N–H and O–H groups in total. The normalized spacial score (nSPS) is 11.7. The van der Waals surface area contributed by atoms with Crippen molar-refractivity contribution in [3.8, 4) is 0 Å². The zero-order valence-electron chi connectivity index (χ0n) is 12.0. The molecule has 0 aliphatic heterocycles. The molecule has 5 nitrogen and oxygen atoms in total. The van der Waals surface area contributed by atoms with Gasteiger partial charge in [0.05, 0.1) is 12.3 Å². The molecule has 1 heterocycles. The van der Waals surface area contributed by atoms with Gasteiger partial charge in [0.1, 0.15) is 0 Å². The number of nitrogens with zero attached hydrogens (tertiary/aromatic N) is 3. The zero-order valence-corrected chi connectivity index (χ0v) is 12.0. The number of rotatable bonds is 9. The van der Waals surface area contributed by atoms with Gasteiger partial charge in [0, 0.05) is 45.5 Å². The Kier molecular flexibility index (Phi) is 6.93. The molecule has 1 rings (SSSR count). The van der Waals surface area contributed by atoms with Crippen LogP contribution in [0.1, 0.15) is 25.6 Å². The third kappa shape index (κ3) is 5.62. The summed E-state index contributed by atoms with van der Waals surface area (Å²) in [5.74, 6) is 0. The molecule has 0 saturated heterocycles. The van der Waals surface area contributed by atoms with Gasteiger partial charge in [0.25, 0.3) is 0 Å². The molecule has 0 atom stereocenters. The van der Waals surface area contributed by atoms with Gasteiger partial charge in [-0.15, -0.1) is 0 Å². The molecule has 0 fully saturated rings. The molecule has 0 saturated carbocycles. The molecule has 1 aromatic heterocycles. The molecule has 0 bridgehead atoms. The SMILES string of the molecule is COCCN(C)CCNCc1ccn(C(C)C)n1. The van der Waals surface area contributed by atoms with Crippen molar-refractivity contribution in [2.75, 3.05) is 40.4 Å². The van der Waals surface area contributed by atoms with E-state index in [1.54, 1.807) is 7.11 Å². The van der Waals surface area contributed by atoms with Crippen LogP contribution < -0.4 is 5.32 Å². The average molecular weight is 254 g/mol. The van der Waals surface area contributed by atoms with Crippen LogP contribution >= 0.6 is 0 Å². The molecule has 0 aromatic carbocycles. The predicted octanol–water partition coefficient (Wildman–Crippen LogP) is 1.13. The van der Waals surface area contributed by atoms with Crippen LogP contribution in [-0.2, 0) is 11.3 Å². The average Bonchev–Trinajstić information content (AvgIpc) is 2.81. The van der Waals surface area contributed by atoms with E-state index in [1.165, 1.54) is 0 Å². The lowest BCUT2D eigenvalue weighted by Gasteiger charge is -2.15. The highest BCUT2D eigenvalue weighted by molar-refractivity contribution is 4.98. The minimum Gasteiger partial charge on any atom is -0.383 e. The fraction of sp³-hybridized carbons (Fsp3) is 0.769. The second kappa shape index (κ2) is 8.24. The van der Waals surface area contributed by atoms with Crippen molar-refractivity contribution < 1.29 is 4.74 Å². The van der Waals surface area contributed by atoms with E-state index in [9.17, 15) is 0 Å². The molecule has 0 amide bonds. The molecule has 0 unspecified atom stereocenters.